The Hall–Kier alpha value is -3.75. The highest BCUT2D eigenvalue weighted by Crippen LogP contribution is 2.33. The maximum atomic E-state index is 13.8. The number of hydrogen-bond donors (Lipinski definition) is 0. The van der Waals surface area contributed by atoms with E-state index in [4.69, 9.17) is 11.6 Å². The molecular formula is C29H30ClN5O3. The zero-order valence-corrected chi connectivity index (χ0v) is 22.5. The van der Waals surface area contributed by atoms with E-state index in [-0.39, 0.29) is 30.2 Å². The van der Waals surface area contributed by atoms with Crippen molar-refractivity contribution in [3.63, 3.8) is 0 Å². The van der Waals surface area contributed by atoms with E-state index >= 15 is 0 Å². The van der Waals surface area contributed by atoms with Crippen molar-refractivity contribution in [3.05, 3.63) is 87.1 Å². The Labute approximate surface area is 226 Å². The van der Waals surface area contributed by atoms with E-state index in [1.807, 2.05) is 42.3 Å². The fraction of sp³-hybridized carbons (Fsp3) is 0.310. The van der Waals surface area contributed by atoms with Gasteiger partial charge in [0.15, 0.2) is 5.78 Å². The summed E-state index contributed by atoms with van der Waals surface area (Å²) in [7, 11) is 3.77. The van der Waals surface area contributed by atoms with Gasteiger partial charge in [0.1, 0.15) is 5.69 Å². The van der Waals surface area contributed by atoms with Gasteiger partial charge in [-0.15, -0.1) is 0 Å². The van der Waals surface area contributed by atoms with Crippen LogP contribution in [0.25, 0.3) is 21.9 Å². The lowest BCUT2D eigenvalue weighted by atomic mass is 9.94. The molecule has 1 amide bonds. The molecule has 1 fully saturated rings. The normalized spacial score (nSPS) is 14.3. The highest BCUT2D eigenvalue weighted by Gasteiger charge is 2.26. The van der Waals surface area contributed by atoms with Crippen molar-refractivity contribution in [2.45, 2.75) is 19.9 Å². The molecule has 0 atom stereocenters. The molecule has 1 saturated heterocycles. The van der Waals surface area contributed by atoms with Gasteiger partial charge in [-0.2, -0.15) is 5.10 Å². The van der Waals surface area contributed by atoms with Gasteiger partial charge in [-0.25, -0.2) is 0 Å². The summed E-state index contributed by atoms with van der Waals surface area (Å²) in [6, 6.07) is 16.4. The molecule has 38 heavy (non-hydrogen) atoms. The average Bonchev–Trinajstić information content (AvgIpc) is 3.29. The largest absolute Gasteiger partial charge is 0.335 e. The summed E-state index contributed by atoms with van der Waals surface area (Å²) in [5.74, 6) is -0.248. The van der Waals surface area contributed by atoms with Crippen LogP contribution in [0.2, 0.25) is 5.02 Å². The van der Waals surface area contributed by atoms with Crippen LogP contribution in [0.3, 0.4) is 0 Å². The van der Waals surface area contributed by atoms with Crippen LogP contribution in [0, 0.1) is 0 Å². The van der Waals surface area contributed by atoms with Gasteiger partial charge in [0, 0.05) is 55.6 Å². The van der Waals surface area contributed by atoms with E-state index in [1.165, 1.54) is 4.57 Å². The number of piperazine rings is 1. The summed E-state index contributed by atoms with van der Waals surface area (Å²) < 4.78 is 3.05. The van der Waals surface area contributed by atoms with Crippen LogP contribution >= 0.6 is 11.6 Å². The van der Waals surface area contributed by atoms with Crippen LogP contribution in [-0.2, 0) is 13.6 Å². The second-order valence-electron chi connectivity index (χ2n) is 9.69. The first kappa shape index (κ1) is 25.9. The van der Waals surface area contributed by atoms with Crippen molar-refractivity contribution in [1.82, 2.24) is 24.1 Å². The van der Waals surface area contributed by atoms with Gasteiger partial charge in [0.25, 0.3) is 11.5 Å². The number of pyridine rings is 1. The molecule has 0 aliphatic carbocycles. The molecular weight excluding hydrogens is 502 g/mol. The van der Waals surface area contributed by atoms with Gasteiger partial charge in [-0.3, -0.25) is 23.6 Å². The quantitative estimate of drug-likeness (QED) is 0.350. The Morgan fingerprint density at radius 2 is 1.66 bits per heavy atom. The van der Waals surface area contributed by atoms with Gasteiger partial charge in [0.2, 0.25) is 0 Å². The topological polar surface area (TPSA) is 80.4 Å². The SMILES string of the molecule is CCC(=O)c1c(-c2ccccc2)c2cc(Cl)ccc2c(=O)n1Cc1cc(C(=O)N2CCN(C)CC2)n(C)n1. The van der Waals surface area contributed by atoms with E-state index in [0.717, 1.165) is 18.7 Å². The van der Waals surface area contributed by atoms with Crippen molar-refractivity contribution in [2.24, 2.45) is 7.05 Å². The Bertz CT molecular complexity index is 1580. The number of hydrogen-bond acceptors (Lipinski definition) is 5. The van der Waals surface area contributed by atoms with Gasteiger partial charge in [-0.05, 0) is 42.3 Å². The molecule has 0 bridgehead atoms. The van der Waals surface area contributed by atoms with Crippen molar-refractivity contribution < 1.29 is 9.59 Å². The smallest absolute Gasteiger partial charge is 0.272 e. The van der Waals surface area contributed by atoms with Crippen LogP contribution in [0.15, 0.2) is 59.4 Å². The molecule has 0 saturated carbocycles. The van der Waals surface area contributed by atoms with E-state index < -0.39 is 0 Å². The summed E-state index contributed by atoms with van der Waals surface area (Å²) in [6.07, 6.45) is 0.223. The molecule has 1 aliphatic rings. The highest BCUT2D eigenvalue weighted by atomic mass is 35.5. The minimum atomic E-state index is -0.300. The van der Waals surface area contributed by atoms with Gasteiger partial charge >= 0.3 is 0 Å². The third-order valence-corrected chi connectivity index (χ3v) is 7.38. The third-order valence-electron chi connectivity index (χ3n) is 7.14. The molecule has 0 unspecified atom stereocenters. The van der Waals surface area contributed by atoms with E-state index in [2.05, 4.69) is 10.00 Å². The second kappa shape index (κ2) is 10.6. The van der Waals surface area contributed by atoms with Crippen molar-refractivity contribution in [3.8, 4) is 11.1 Å². The predicted molar refractivity (Wildman–Crippen MR) is 149 cm³/mol. The van der Waals surface area contributed by atoms with Crippen LogP contribution < -0.4 is 5.56 Å². The zero-order chi connectivity index (χ0) is 27.0. The Balaban J connectivity index is 1.65. The first-order valence-electron chi connectivity index (χ1n) is 12.7. The van der Waals surface area contributed by atoms with Crippen LogP contribution in [0.1, 0.15) is 40.0 Å². The fourth-order valence-corrected chi connectivity index (χ4v) is 5.23. The van der Waals surface area contributed by atoms with E-state index in [0.29, 0.717) is 51.5 Å². The molecule has 1 aliphatic heterocycles. The molecule has 4 aromatic rings. The number of carbonyl (C=O) groups is 2. The number of likely N-dealkylation sites (N-methyl/N-ethyl adjacent to an activating group) is 1. The number of nitrogens with zero attached hydrogens (tertiary/aromatic N) is 5. The molecule has 2 aromatic heterocycles. The Kier molecular flexibility index (Phi) is 7.19. The number of fused-ring (bicyclic) bond motifs is 1. The monoisotopic (exact) mass is 531 g/mol. The van der Waals surface area contributed by atoms with Crippen LogP contribution in [0.4, 0.5) is 0 Å². The maximum Gasteiger partial charge on any atom is 0.272 e. The van der Waals surface area contributed by atoms with E-state index in [9.17, 15) is 14.4 Å². The molecule has 0 spiro atoms. The van der Waals surface area contributed by atoms with Gasteiger partial charge in [0.05, 0.1) is 17.9 Å². The maximum absolute atomic E-state index is 13.8. The average molecular weight is 532 g/mol. The van der Waals surface area contributed by atoms with Gasteiger partial charge < -0.3 is 9.80 Å². The minimum absolute atomic E-state index is 0.0577. The molecule has 2 aromatic carbocycles. The number of amides is 1. The van der Waals surface area contributed by atoms with Crippen molar-refractivity contribution in [2.75, 3.05) is 33.2 Å². The van der Waals surface area contributed by atoms with Crippen molar-refractivity contribution in [1.29, 1.82) is 0 Å². The van der Waals surface area contributed by atoms with Crippen molar-refractivity contribution >= 4 is 34.1 Å². The highest BCUT2D eigenvalue weighted by molar-refractivity contribution is 6.31. The molecule has 3 heterocycles. The van der Waals surface area contributed by atoms with Crippen LogP contribution in [0.5, 0.6) is 0 Å². The first-order valence-corrected chi connectivity index (χ1v) is 13.1. The fourth-order valence-electron chi connectivity index (χ4n) is 5.06. The lowest BCUT2D eigenvalue weighted by molar-refractivity contribution is 0.0653. The number of rotatable bonds is 6. The summed E-state index contributed by atoms with van der Waals surface area (Å²) in [4.78, 5) is 44.5. The Morgan fingerprint density at radius 1 is 0.947 bits per heavy atom. The number of halogens is 1. The predicted octanol–water partition coefficient (Wildman–Crippen LogP) is 4.08. The number of aryl methyl sites for hydroxylation is 1. The Morgan fingerprint density at radius 3 is 2.34 bits per heavy atom. The standard InChI is InChI=1S/C29H30ClN5O3/c1-4-25(36)27-26(19-8-6-5-7-9-19)23-16-20(30)10-11-22(23)28(37)35(27)18-21-17-24(33(3)31-21)29(38)34-14-12-32(2)13-15-34/h5-11,16-17H,4,12-15,18H2,1-3H3. The second-order valence-corrected chi connectivity index (χ2v) is 10.1. The summed E-state index contributed by atoms with van der Waals surface area (Å²) >= 11 is 6.34. The first-order chi connectivity index (χ1) is 18.3. The number of carbonyl (C=O) groups excluding carboxylic acids is 2. The molecule has 5 rings (SSSR count). The summed E-state index contributed by atoms with van der Waals surface area (Å²) in [5.41, 5.74) is 2.49. The molecule has 8 nitrogen and oxygen atoms in total. The summed E-state index contributed by atoms with van der Waals surface area (Å²) in [6.45, 7) is 4.77. The molecule has 196 valence electrons. The third kappa shape index (κ3) is 4.77. The number of aromatic nitrogens is 3. The molecule has 0 N–H and O–H groups in total. The minimum Gasteiger partial charge on any atom is -0.335 e. The summed E-state index contributed by atoms with van der Waals surface area (Å²) in [5, 5.41) is 6.15. The van der Waals surface area contributed by atoms with Crippen LogP contribution in [-0.4, -0.2) is 69.1 Å². The van der Waals surface area contributed by atoms with E-state index in [1.54, 1.807) is 42.9 Å². The number of benzene rings is 2. The number of Topliss-reactive ketones (excluding diaryl/α,β-unsaturated/α-hetero) is 1. The van der Waals surface area contributed by atoms with Gasteiger partial charge in [-0.1, -0.05) is 48.9 Å². The molecule has 9 heteroatoms. The number of ketones is 1. The lowest BCUT2D eigenvalue weighted by Gasteiger charge is -2.32. The zero-order valence-electron chi connectivity index (χ0n) is 21.8. The lowest BCUT2D eigenvalue weighted by Crippen LogP contribution is -2.47. The molecule has 0 radical (unpaired) electrons.